The second kappa shape index (κ2) is 8.37. The van der Waals surface area contributed by atoms with Crippen LogP contribution in [0.5, 0.6) is 0 Å². The number of fused-ring (bicyclic) bond motifs is 2. The van der Waals surface area contributed by atoms with Gasteiger partial charge in [-0.2, -0.15) is 0 Å². The molecule has 0 bridgehead atoms. The molecular weight excluding hydrogens is 424 g/mol. The molecule has 0 unspecified atom stereocenters. The number of benzene rings is 1. The van der Waals surface area contributed by atoms with Crippen LogP contribution in [0.15, 0.2) is 61.2 Å². The number of rotatable bonds is 5. The van der Waals surface area contributed by atoms with E-state index in [0.29, 0.717) is 11.9 Å². The van der Waals surface area contributed by atoms with Gasteiger partial charge in [0.25, 0.3) is 0 Å². The van der Waals surface area contributed by atoms with Gasteiger partial charge in [-0.15, -0.1) is 0 Å². The monoisotopic (exact) mass is 450 g/mol. The molecule has 0 amide bonds. The Bertz CT molecular complexity index is 1480. The number of nitrogens with one attached hydrogen (secondary N) is 1. The van der Waals surface area contributed by atoms with Crippen molar-refractivity contribution in [3.05, 3.63) is 67.0 Å². The third kappa shape index (κ3) is 3.81. The summed E-state index contributed by atoms with van der Waals surface area (Å²) in [5.74, 6) is 2.78. The molecule has 4 aromatic heterocycles. The minimum Gasteiger partial charge on any atom is -0.341 e. The van der Waals surface area contributed by atoms with E-state index in [2.05, 4.69) is 61.6 Å². The average Bonchev–Trinajstić information content (AvgIpc) is 3.54. The van der Waals surface area contributed by atoms with Crippen molar-refractivity contribution >= 4 is 34.0 Å². The van der Waals surface area contributed by atoms with Crippen molar-refractivity contribution in [2.75, 3.05) is 23.3 Å². The highest BCUT2D eigenvalue weighted by molar-refractivity contribution is 5.84. The van der Waals surface area contributed by atoms with Gasteiger partial charge < -0.3 is 14.6 Å². The van der Waals surface area contributed by atoms with E-state index in [9.17, 15) is 0 Å². The Morgan fingerprint density at radius 3 is 2.65 bits per heavy atom. The van der Waals surface area contributed by atoms with E-state index in [-0.39, 0.29) is 0 Å². The lowest BCUT2D eigenvalue weighted by molar-refractivity contribution is 0.770. The fraction of sp³-hybridized carbons (Fsp3) is 0.269. The van der Waals surface area contributed by atoms with Gasteiger partial charge >= 0.3 is 0 Å². The van der Waals surface area contributed by atoms with Crippen molar-refractivity contribution in [1.82, 2.24) is 29.3 Å². The molecule has 1 aliphatic heterocycles. The Labute approximate surface area is 197 Å². The molecule has 1 aliphatic rings. The van der Waals surface area contributed by atoms with Crippen LogP contribution in [-0.2, 0) is 0 Å². The Balaban J connectivity index is 1.26. The van der Waals surface area contributed by atoms with E-state index in [1.54, 1.807) is 6.20 Å². The van der Waals surface area contributed by atoms with Crippen LogP contribution in [0.3, 0.4) is 0 Å². The van der Waals surface area contributed by atoms with Crippen LogP contribution < -0.4 is 10.2 Å². The van der Waals surface area contributed by atoms with Crippen molar-refractivity contribution < 1.29 is 0 Å². The zero-order valence-corrected chi connectivity index (χ0v) is 19.3. The first kappa shape index (κ1) is 20.5. The maximum Gasteiger partial charge on any atom is 0.227 e. The van der Waals surface area contributed by atoms with Gasteiger partial charge in [0, 0.05) is 54.2 Å². The standard InChI is InChI=1S/C26H26N8/c1-17(2)24-28-16-21-14-20(8-12-34(21)24)30-25-27-9-7-23(31-25)18-5-6-22-19(13-18)15-29-26(32-22)33-10-3-4-11-33/h5-9,12-17H,3-4,10-11H2,1-2H3,(H,27,30,31). The number of hydrogen-bond donors (Lipinski definition) is 1. The molecule has 170 valence electrons. The van der Waals surface area contributed by atoms with Crippen molar-refractivity contribution in [3.8, 4) is 11.3 Å². The smallest absolute Gasteiger partial charge is 0.227 e. The van der Waals surface area contributed by atoms with Gasteiger partial charge in [-0.05, 0) is 43.2 Å². The summed E-state index contributed by atoms with van der Waals surface area (Å²) in [6, 6.07) is 12.2. The molecular formula is C26H26N8. The summed E-state index contributed by atoms with van der Waals surface area (Å²) in [5, 5.41) is 4.33. The molecule has 0 aliphatic carbocycles. The normalized spacial score (nSPS) is 13.9. The summed E-state index contributed by atoms with van der Waals surface area (Å²) in [6.07, 6.45) is 10.0. The summed E-state index contributed by atoms with van der Waals surface area (Å²) in [5.41, 5.74) is 4.75. The Morgan fingerprint density at radius 1 is 0.912 bits per heavy atom. The van der Waals surface area contributed by atoms with Crippen LogP contribution in [-0.4, -0.2) is 42.4 Å². The molecule has 0 saturated carbocycles. The maximum absolute atomic E-state index is 4.77. The molecule has 0 atom stereocenters. The molecule has 34 heavy (non-hydrogen) atoms. The molecule has 5 heterocycles. The van der Waals surface area contributed by atoms with Crippen molar-refractivity contribution in [2.24, 2.45) is 0 Å². The van der Waals surface area contributed by atoms with E-state index in [4.69, 9.17) is 9.97 Å². The molecule has 6 rings (SSSR count). The Hall–Kier alpha value is -4.07. The second-order valence-electron chi connectivity index (χ2n) is 9.01. The second-order valence-corrected chi connectivity index (χ2v) is 9.01. The van der Waals surface area contributed by atoms with E-state index < -0.39 is 0 Å². The number of hydrogen-bond acceptors (Lipinski definition) is 7. The third-order valence-corrected chi connectivity index (χ3v) is 6.24. The topological polar surface area (TPSA) is 84.1 Å². The fourth-order valence-corrected chi connectivity index (χ4v) is 4.49. The van der Waals surface area contributed by atoms with Crippen LogP contribution in [0.2, 0.25) is 0 Å². The minimum absolute atomic E-state index is 0.362. The van der Waals surface area contributed by atoms with E-state index >= 15 is 0 Å². The summed E-state index contributed by atoms with van der Waals surface area (Å²) < 4.78 is 2.11. The van der Waals surface area contributed by atoms with Crippen LogP contribution in [0.1, 0.15) is 38.4 Å². The zero-order chi connectivity index (χ0) is 23.1. The van der Waals surface area contributed by atoms with Gasteiger partial charge in [-0.25, -0.2) is 24.9 Å². The summed E-state index contributed by atoms with van der Waals surface area (Å²) >= 11 is 0. The number of nitrogens with zero attached hydrogens (tertiary/aromatic N) is 7. The summed E-state index contributed by atoms with van der Waals surface area (Å²) in [7, 11) is 0. The molecule has 8 nitrogen and oxygen atoms in total. The zero-order valence-electron chi connectivity index (χ0n) is 19.3. The molecule has 1 fully saturated rings. The highest BCUT2D eigenvalue weighted by Crippen LogP contribution is 2.26. The van der Waals surface area contributed by atoms with Crippen LogP contribution >= 0.6 is 0 Å². The van der Waals surface area contributed by atoms with Gasteiger partial charge in [0.15, 0.2) is 0 Å². The van der Waals surface area contributed by atoms with Gasteiger partial charge in [-0.3, -0.25) is 0 Å². The molecule has 0 spiro atoms. The number of aromatic nitrogens is 6. The lowest BCUT2D eigenvalue weighted by atomic mass is 10.1. The number of imidazole rings is 1. The van der Waals surface area contributed by atoms with Crippen LogP contribution in [0.25, 0.3) is 27.7 Å². The number of anilines is 3. The third-order valence-electron chi connectivity index (χ3n) is 6.24. The Morgan fingerprint density at radius 2 is 1.79 bits per heavy atom. The lowest BCUT2D eigenvalue weighted by Gasteiger charge is -2.15. The maximum atomic E-state index is 4.77. The fourth-order valence-electron chi connectivity index (χ4n) is 4.49. The van der Waals surface area contributed by atoms with Gasteiger partial charge in [0.2, 0.25) is 11.9 Å². The van der Waals surface area contributed by atoms with Gasteiger partial charge in [0.05, 0.1) is 22.9 Å². The first-order valence-electron chi connectivity index (χ1n) is 11.7. The van der Waals surface area contributed by atoms with Crippen LogP contribution in [0, 0.1) is 0 Å². The largest absolute Gasteiger partial charge is 0.341 e. The minimum atomic E-state index is 0.362. The molecule has 1 saturated heterocycles. The molecule has 1 aromatic carbocycles. The first-order valence-corrected chi connectivity index (χ1v) is 11.7. The van der Waals surface area contributed by atoms with Crippen molar-refractivity contribution in [2.45, 2.75) is 32.6 Å². The molecule has 0 radical (unpaired) electrons. The molecule has 1 N–H and O–H groups in total. The quantitative estimate of drug-likeness (QED) is 0.394. The molecule has 8 heteroatoms. The van der Waals surface area contributed by atoms with E-state index in [1.165, 1.54) is 12.8 Å². The van der Waals surface area contributed by atoms with Crippen LogP contribution in [0.4, 0.5) is 17.6 Å². The van der Waals surface area contributed by atoms with Crippen molar-refractivity contribution in [1.29, 1.82) is 0 Å². The van der Waals surface area contributed by atoms with Gasteiger partial charge in [-0.1, -0.05) is 19.9 Å². The average molecular weight is 451 g/mol. The predicted octanol–water partition coefficient (Wildman–Crippen LogP) is 5.20. The first-order chi connectivity index (χ1) is 16.6. The summed E-state index contributed by atoms with van der Waals surface area (Å²) in [6.45, 7) is 6.36. The lowest BCUT2D eigenvalue weighted by Crippen LogP contribution is -2.20. The molecule has 5 aromatic rings. The highest BCUT2D eigenvalue weighted by Gasteiger charge is 2.15. The van der Waals surface area contributed by atoms with E-state index in [1.807, 2.05) is 36.8 Å². The van der Waals surface area contributed by atoms with E-state index in [0.717, 1.165) is 58.2 Å². The van der Waals surface area contributed by atoms with Crippen molar-refractivity contribution in [3.63, 3.8) is 0 Å². The SMILES string of the molecule is CC(C)c1ncc2cc(Nc3nccc(-c4ccc5nc(N6CCCC6)ncc5c4)n3)ccn12. The van der Waals surface area contributed by atoms with Gasteiger partial charge in [0.1, 0.15) is 5.82 Å². The highest BCUT2D eigenvalue weighted by atomic mass is 15.3. The summed E-state index contributed by atoms with van der Waals surface area (Å²) in [4.78, 5) is 25.3. The number of pyridine rings is 1. The predicted molar refractivity (Wildman–Crippen MR) is 135 cm³/mol. The Kier molecular flexibility index (Phi) is 5.05.